The van der Waals surface area contributed by atoms with Gasteiger partial charge in [-0.3, -0.25) is 9.59 Å². The minimum atomic E-state index is -0.251. The second-order valence-corrected chi connectivity index (χ2v) is 3.27. The second kappa shape index (κ2) is 8.23. The van der Waals surface area contributed by atoms with E-state index in [9.17, 15) is 9.59 Å². The van der Waals surface area contributed by atoms with Crippen LogP contribution in [0, 0.1) is 0 Å². The Hall–Kier alpha value is -1.10. The van der Waals surface area contributed by atoms with E-state index in [1.165, 1.54) is 0 Å². The number of amides is 2. The van der Waals surface area contributed by atoms with Crippen molar-refractivity contribution in [1.29, 1.82) is 0 Å². The minimum Gasteiger partial charge on any atom is -0.356 e. The molecule has 0 heterocycles. The summed E-state index contributed by atoms with van der Waals surface area (Å²) >= 11 is 0. The van der Waals surface area contributed by atoms with Crippen molar-refractivity contribution in [1.82, 2.24) is 16.0 Å². The van der Waals surface area contributed by atoms with Gasteiger partial charge in [-0.2, -0.15) is 0 Å². The minimum absolute atomic E-state index is 0.00750. The van der Waals surface area contributed by atoms with Crippen LogP contribution in [0.4, 0.5) is 0 Å². The lowest BCUT2D eigenvalue weighted by Crippen LogP contribution is -2.43. The molecule has 0 aliphatic heterocycles. The van der Waals surface area contributed by atoms with Gasteiger partial charge in [-0.05, 0) is 20.8 Å². The second-order valence-electron chi connectivity index (χ2n) is 3.27. The molecule has 0 aromatic rings. The first-order chi connectivity index (χ1) is 7.11. The summed E-state index contributed by atoms with van der Waals surface area (Å²) in [5, 5.41) is 8.38. The fourth-order valence-corrected chi connectivity index (χ4v) is 1.11. The Morgan fingerprint density at radius 3 is 2.27 bits per heavy atom. The molecule has 0 rings (SSSR count). The first kappa shape index (κ1) is 13.9. The molecule has 1 atom stereocenters. The molecule has 0 saturated carbocycles. The number of hydrogen-bond acceptors (Lipinski definition) is 3. The van der Waals surface area contributed by atoms with Crippen molar-refractivity contribution in [3.05, 3.63) is 0 Å². The molecular formula is C10H21N3O2. The lowest BCUT2D eigenvalue weighted by molar-refractivity contribution is -0.123. The molecule has 2 amide bonds. The first-order valence-electron chi connectivity index (χ1n) is 5.39. The van der Waals surface area contributed by atoms with Crippen LogP contribution in [-0.2, 0) is 9.59 Å². The molecule has 0 aliphatic rings. The van der Waals surface area contributed by atoms with Crippen LogP contribution in [-0.4, -0.2) is 37.5 Å². The highest BCUT2D eigenvalue weighted by Crippen LogP contribution is 1.84. The third-order valence-corrected chi connectivity index (χ3v) is 1.92. The van der Waals surface area contributed by atoms with Crippen molar-refractivity contribution < 1.29 is 9.59 Å². The molecule has 0 aromatic carbocycles. The number of hydrogen-bond donors (Lipinski definition) is 3. The molecule has 15 heavy (non-hydrogen) atoms. The van der Waals surface area contributed by atoms with E-state index in [1.54, 1.807) is 6.92 Å². The molecule has 5 heteroatoms. The fraction of sp³-hybridized carbons (Fsp3) is 0.800. The Balaban J connectivity index is 3.58. The highest BCUT2D eigenvalue weighted by atomic mass is 16.2. The Kier molecular flexibility index (Phi) is 7.62. The summed E-state index contributed by atoms with van der Waals surface area (Å²) in [6, 6.07) is -0.251. The SMILES string of the molecule is CCNC(=O)CCNC(C)C(=O)NCC. The zero-order valence-corrected chi connectivity index (χ0v) is 9.72. The van der Waals surface area contributed by atoms with Crippen molar-refractivity contribution in [2.24, 2.45) is 0 Å². The predicted octanol–water partition coefficient (Wildman–Crippen LogP) is -0.373. The number of nitrogens with one attached hydrogen (secondary N) is 3. The Labute approximate surface area is 91.0 Å². The van der Waals surface area contributed by atoms with Crippen LogP contribution < -0.4 is 16.0 Å². The smallest absolute Gasteiger partial charge is 0.236 e. The van der Waals surface area contributed by atoms with E-state index in [1.807, 2.05) is 13.8 Å². The van der Waals surface area contributed by atoms with E-state index >= 15 is 0 Å². The number of carbonyl (C=O) groups excluding carboxylic acids is 2. The van der Waals surface area contributed by atoms with Crippen molar-refractivity contribution in [2.75, 3.05) is 19.6 Å². The zero-order valence-electron chi connectivity index (χ0n) is 9.72. The molecule has 0 fully saturated rings. The van der Waals surface area contributed by atoms with Gasteiger partial charge in [-0.25, -0.2) is 0 Å². The molecule has 0 spiro atoms. The van der Waals surface area contributed by atoms with Gasteiger partial charge in [0.2, 0.25) is 11.8 Å². The third-order valence-electron chi connectivity index (χ3n) is 1.92. The molecule has 0 saturated heterocycles. The number of carbonyl (C=O) groups is 2. The van der Waals surface area contributed by atoms with Crippen molar-refractivity contribution in [3.63, 3.8) is 0 Å². The third kappa shape index (κ3) is 6.90. The molecule has 5 nitrogen and oxygen atoms in total. The lowest BCUT2D eigenvalue weighted by Gasteiger charge is -2.12. The summed E-state index contributed by atoms with van der Waals surface area (Å²) in [4.78, 5) is 22.3. The predicted molar refractivity (Wildman–Crippen MR) is 59.4 cm³/mol. The van der Waals surface area contributed by atoms with Gasteiger partial charge in [0.25, 0.3) is 0 Å². The summed E-state index contributed by atoms with van der Waals surface area (Å²) < 4.78 is 0. The van der Waals surface area contributed by atoms with Gasteiger partial charge in [0.05, 0.1) is 6.04 Å². The van der Waals surface area contributed by atoms with Gasteiger partial charge in [0.1, 0.15) is 0 Å². The van der Waals surface area contributed by atoms with E-state index < -0.39 is 0 Å². The molecule has 1 unspecified atom stereocenters. The summed E-state index contributed by atoms with van der Waals surface area (Å²) in [7, 11) is 0. The maximum atomic E-state index is 11.3. The van der Waals surface area contributed by atoms with E-state index in [0.29, 0.717) is 26.1 Å². The van der Waals surface area contributed by atoms with Crippen LogP contribution >= 0.6 is 0 Å². The van der Waals surface area contributed by atoms with Crippen molar-refractivity contribution in [2.45, 2.75) is 33.2 Å². The topological polar surface area (TPSA) is 70.2 Å². The standard InChI is InChI=1S/C10H21N3O2/c1-4-11-9(14)6-7-13-8(3)10(15)12-5-2/h8,13H,4-7H2,1-3H3,(H,11,14)(H,12,15). The van der Waals surface area contributed by atoms with E-state index in [-0.39, 0.29) is 17.9 Å². The maximum absolute atomic E-state index is 11.3. The number of likely N-dealkylation sites (N-methyl/N-ethyl adjacent to an activating group) is 1. The quantitative estimate of drug-likeness (QED) is 0.542. The zero-order chi connectivity index (χ0) is 11.7. The van der Waals surface area contributed by atoms with E-state index in [2.05, 4.69) is 16.0 Å². The van der Waals surface area contributed by atoms with Gasteiger partial charge in [-0.1, -0.05) is 0 Å². The molecule has 0 radical (unpaired) electrons. The van der Waals surface area contributed by atoms with Gasteiger partial charge in [-0.15, -0.1) is 0 Å². The van der Waals surface area contributed by atoms with Crippen LogP contribution in [0.15, 0.2) is 0 Å². The van der Waals surface area contributed by atoms with Gasteiger partial charge in [0, 0.05) is 26.1 Å². The Bertz CT molecular complexity index is 207. The van der Waals surface area contributed by atoms with E-state index in [0.717, 1.165) is 0 Å². The van der Waals surface area contributed by atoms with Crippen LogP contribution in [0.5, 0.6) is 0 Å². The monoisotopic (exact) mass is 215 g/mol. The average molecular weight is 215 g/mol. The largest absolute Gasteiger partial charge is 0.356 e. The van der Waals surface area contributed by atoms with Gasteiger partial charge in [0.15, 0.2) is 0 Å². The average Bonchev–Trinajstić information content (AvgIpc) is 2.18. The van der Waals surface area contributed by atoms with Crippen LogP contribution in [0.2, 0.25) is 0 Å². The maximum Gasteiger partial charge on any atom is 0.236 e. The molecule has 0 aromatic heterocycles. The highest BCUT2D eigenvalue weighted by molar-refractivity contribution is 5.81. The Morgan fingerprint density at radius 2 is 1.73 bits per heavy atom. The first-order valence-corrected chi connectivity index (χ1v) is 5.39. The summed E-state index contributed by atoms with van der Waals surface area (Å²) in [5.74, 6) is -0.0264. The normalized spacial score (nSPS) is 11.9. The summed E-state index contributed by atoms with van der Waals surface area (Å²) in [6.45, 7) is 7.32. The molecular weight excluding hydrogens is 194 g/mol. The molecule has 0 aliphatic carbocycles. The van der Waals surface area contributed by atoms with Gasteiger partial charge >= 0.3 is 0 Å². The van der Waals surface area contributed by atoms with Crippen LogP contribution in [0.25, 0.3) is 0 Å². The molecule has 0 bridgehead atoms. The summed E-state index contributed by atoms with van der Waals surface area (Å²) in [6.07, 6.45) is 0.400. The number of rotatable bonds is 7. The highest BCUT2D eigenvalue weighted by Gasteiger charge is 2.10. The van der Waals surface area contributed by atoms with Crippen molar-refractivity contribution in [3.8, 4) is 0 Å². The van der Waals surface area contributed by atoms with Crippen LogP contribution in [0.3, 0.4) is 0 Å². The van der Waals surface area contributed by atoms with Crippen molar-refractivity contribution >= 4 is 11.8 Å². The van der Waals surface area contributed by atoms with E-state index in [4.69, 9.17) is 0 Å². The van der Waals surface area contributed by atoms with Gasteiger partial charge < -0.3 is 16.0 Å². The molecule has 88 valence electrons. The molecule has 3 N–H and O–H groups in total. The lowest BCUT2D eigenvalue weighted by atomic mass is 10.3. The fourth-order valence-electron chi connectivity index (χ4n) is 1.11. The summed E-state index contributed by atoms with van der Waals surface area (Å²) in [5.41, 5.74) is 0. The Morgan fingerprint density at radius 1 is 1.13 bits per heavy atom. The van der Waals surface area contributed by atoms with Crippen LogP contribution in [0.1, 0.15) is 27.2 Å².